The molecule has 0 atom stereocenters. The van der Waals surface area contributed by atoms with E-state index < -0.39 is 5.54 Å². The predicted octanol–water partition coefficient (Wildman–Crippen LogP) is 4.06. The molecule has 0 aliphatic rings. The number of amides is 2. The Bertz CT molecular complexity index is 651. The van der Waals surface area contributed by atoms with Crippen molar-refractivity contribution in [2.45, 2.75) is 26.3 Å². The molecule has 0 radical (unpaired) electrons. The molecular formula is C18H22N2O2. The first-order chi connectivity index (χ1) is 10.4. The highest BCUT2D eigenvalue weighted by Crippen LogP contribution is 2.22. The minimum atomic E-state index is -0.453. The average Bonchev–Trinajstić information content (AvgIpc) is 2.49. The van der Waals surface area contributed by atoms with Gasteiger partial charge in [-0.05, 0) is 50.1 Å². The first kappa shape index (κ1) is 15.9. The molecule has 2 N–H and O–H groups in total. The van der Waals surface area contributed by atoms with Gasteiger partial charge in [0.1, 0.15) is 5.75 Å². The van der Waals surface area contributed by atoms with E-state index in [1.807, 2.05) is 69.3 Å². The second kappa shape index (κ2) is 6.52. The van der Waals surface area contributed by atoms with E-state index in [9.17, 15) is 4.79 Å². The number of benzene rings is 2. The van der Waals surface area contributed by atoms with Gasteiger partial charge in [-0.2, -0.15) is 0 Å². The maximum atomic E-state index is 12.3. The fourth-order valence-corrected chi connectivity index (χ4v) is 2.27. The van der Waals surface area contributed by atoms with Crippen molar-refractivity contribution in [3.8, 4) is 5.75 Å². The topological polar surface area (TPSA) is 50.4 Å². The summed E-state index contributed by atoms with van der Waals surface area (Å²) in [6, 6.07) is 15.2. The zero-order chi connectivity index (χ0) is 16.2. The molecule has 0 unspecified atom stereocenters. The normalized spacial score (nSPS) is 10.9. The minimum Gasteiger partial charge on any atom is -0.497 e. The molecule has 2 rings (SSSR count). The smallest absolute Gasteiger partial charge is 0.319 e. The van der Waals surface area contributed by atoms with Crippen molar-refractivity contribution in [3.63, 3.8) is 0 Å². The van der Waals surface area contributed by atoms with E-state index in [-0.39, 0.29) is 6.03 Å². The summed E-state index contributed by atoms with van der Waals surface area (Å²) < 4.78 is 5.17. The van der Waals surface area contributed by atoms with Crippen molar-refractivity contribution < 1.29 is 9.53 Å². The van der Waals surface area contributed by atoms with Gasteiger partial charge in [-0.25, -0.2) is 4.79 Å². The molecule has 0 aliphatic carbocycles. The fraction of sp³-hybridized carbons (Fsp3) is 0.278. The zero-order valence-corrected chi connectivity index (χ0v) is 13.4. The number of ether oxygens (including phenoxy) is 1. The maximum absolute atomic E-state index is 12.3. The van der Waals surface area contributed by atoms with Gasteiger partial charge in [0.05, 0.1) is 12.6 Å². The molecule has 0 bridgehead atoms. The summed E-state index contributed by atoms with van der Waals surface area (Å²) in [4.78, 5) is 12.3. The third-order valence-electron chi connectivity index (χ3n) is 3.60. The molecule has 0 aliphatic heterocycles. The van der Waals surface area contributed by atoms with Crippen LogP contribution in [0.3, 0.4) is 0 Å². The number of rotatable bonds is 4. The molecule has 0 heterocycles. The molecule has 22 heavy (non-hydrogen) atoms. The fourth-order valence-electron chi connectivity index (χ4n) is 2.27. The van der Waals surface area contributed by atoms with Gasteiger partial charge < -0.3 is 15.4 Å². The largest absolute Gasteiger partial charge is 0.497 e. The number of hydrogen-bond acceptors (Lipinski definition) is 2. The summed E-state index contributed by atoms with van der Waals surface area (Å²) in [5, 5.41) is 5.88. The van der Waals surface area contributed by atoms with Crippen molar-refractivity contribution in [2.75, 3.05) is 12.4 Å². The molecule has 2 aromatic rings. The van der Waals surface area contributed by atoms with Crippen LogP contribution in [-0.4, -0.2) is 13.1 Å². The molecule has 4 nitrogen and oxygen atoms in total. The molecule has 0 aromatic heterocycles. The lowest BCUT2D eigenvalue weighted by molar-refractivity contribution is 0.242. The van der Waals surface area contributed by atoms with Gasteiger partial charge in [0, 0.05) is 5.69 Å². The summed E-state index contributed by atoms with van der Waals surface area (Å²) >= 11 is 0. The van der Waals surface area contributed by atoms with Gasteiger partial charge in [0.15, 0.2) is 0 Å². The number of anilines is 1. The second-order valence-corrected chi connectivity index (χ2v) is 5.75. The van der Waals surface area contributed by atoms with Crippen LogP contribution in [0, 0.1) is 6.92 Å². The standard InChI is InChI=1S/C18H22N2O2/c1-13-12-15(22-4)10-11-16(13)19-17(21)20-18(2,3)14-8-6-5-7-9-14/h5-12H,1-4H3,(H2,19,20,21). The maximum Gasteiger partial charge on any atom is 0.319 e. The minimum absolute atomic E-state index is 0.234. The molecule has 0 saturated carbocycles. The quantitative estimate of drug-likeness (QED) is 0.894. The molecule has 4 heteroatoms. The number of nitrogens with one attached hydrogen (secondary N) is 2. The Morgan fingerprint density at radius 3 is 2.36 bits per heavy atom. The van der Waals surface area contributed by atoms with Crippen molar-refractivity contribution >= 4 is 11.7 Å². The third-order valence-corrected chi connectivity index (χ3v) is 3.60. The van der Waals surface area contributed by atoms with Gasteiger partial charge in [-0.1, -0.05) is 30.3 Å². The van der Waals surface area contributed by atoms with Crippen molar-refractivity contribution in [1.29, 1.82) is 0 Å². The highest BCUT2D eigenvalue weighted by Gasteiger charge is 2.22. The van der Waals surface area contributed by atoms with Gasteiger partial charge in [0.2, 0.25) is 0 Å². The summed E-state index contributed by atoms with van der Waals surface area (Å²) in [5.41, 5.74) is 2.32. The molecule has 0 saturated heterocycles. The van der Waals surface area contributed by atoms with E-state index in [0.717, 1.165) is 22.6 Å². The van der Waals surface area contributed by atoms with E-state index in [2.05, 4.69) is 10.6 Å². The lowest BCUT2D eigenvalue weighted by Gasteiger charge is -2.27. The van der Waals surface area contributed by atoms with E-state index >= 15 is 0 Å². The SMILES string of the molecule is COc1ccc(NC(=O)NC(C)(C)c2ccccc2)c(C)c1. The molecule has 2 amide bonds. The zero-order valence-electron chi connectivity index (χ0n) is 13.4. The molecule has 116 valence electrons. The Balaban J connectivity index is 2.07. The van der Waals surface area contributed by atoms with Crippen LogP contribution in [0.2, 0.25) is 0 Å². The molecule has 0 spiro atoms. The van der Waals surface area contributed by atoms with Gasteiger partial charge in [-0.15, -0.1) is 0 Å². The second-order valence-electron chi connectivity index (χ2n) is 5.75. The van der Waals surface area contributed by atoms with Crippen molar-refractivity contribution in [1.82, 2.24) is 5.32 Å². The van der Waals surface area contributed by atoms with Crippen molar-refractivity contribution in [3.05, 3.63) is 59.7 Å². The predicted molar refractivity (Wildman–Crippen MR) is 89.4 cm³/mol. The van der Waals surface area contributed by atoms with Gasteiger partial charge >= 0.3 is 6.03 Å². The highest BCUT2D eigenvalue weighted by atomic mass is 16.5. The molecule has 0 fully saturated rings. The Morgan fingerprint density at radius 2 is 1.77 bits per heavy atom. The average molecular weight is 298 g/mol. The van der Waals surface area contributed by atoms with E-state index in [1.54, 1.807) is 7.11 Å². The number of carbonyl (C=O) groups is 1. The van der Waals surface area contributed by atoms with Crippen LogP contribution >= 0.6 is 0 Å². The van der Waals surface area contributed by atoms with E-state index in [1.165, 1.54) is 0 Å². The summed E-state index contributed by atoms with van der Waals surface area (Å²) in [6.45, 7) is 5.88. The van der Waals surface area contributed by atoms with Gasteiger partial charge in [-0.3, -0.25) is 0 Å². The number of hydrogen-bond donors (Lipinski definition) is 2. The van der Waals surface area contributed by atoms with Gasteiger partial charge in [0.25, 0.3) is 0 Å². The molecule has 2 aromatic carbocycles. The Labute approximate surface area is 131 Å². The summed E-state index contributed by atoms with van der Waals surface area (Å²) in [5.74, 6) is 0.771. The number of aryl methyl sites for hydroxylation is 1. The van der Waals surface area contributed by atoms with E-state index in [0.29, 0.717) is 0 Å². The summed E-state index contributed by atoms with van der Waals surface area (Å²) in [7, 11) is 1.62. The van der Waals surface area contributed by atoms with Crippen LogP contribution in [0.1, 0.15) is 25.0 Å². The van der Waals surface area contributed by atoms with Crippen LogP contribution in [0.5, 0.6) is 5.75 Å². The van der Waals surface area contributed by atoms with Crippen LogP contribution in [-0.2, 0) is 5.54 Å². The first-order valence-electron chi connectivity index (χ1n) is 7.22. The first-order valence-corrected chi connectivity index (χ1v) is 7.22. The Hall–Kier alpha value is -2.49. The summed E-state index contributed by atoms with van der Waals surface area (Å²) in [6.07, 6.45) is 0. The van der Waals surface area contributed by atoms with Crippen LogP contribution in [0.25, 0.3) is 0 Å². The third kappa shape index (κ3) is 3.79. The number of urea groups is 1. The van der Waals surface area contributed by atoms with Crippen LogP contribution in [0.4, 0.5) is 10.5 Å². The highest BCUT2D eigenvalue weighted by molar-refractivity contribution is 5.90. The monoisotopic (exact) mass is 298 g/mol. The van der Waals surface area contributed by atoms with Crippen LogP contribution < -0.4 is 15.4 Å². The lowest BCUT2D eigenvalue weighted by atomic mass is 9.95. The number of carbonyl (C=O) groups excluding carboxylic acids is 1. The van der Waals surface area contributed by atoms with Crippen molar-refractivity contribution in [2.24, 2.45) is 0 Å². The lowest BCUT2D eigenvalue weighted by Crippen LogP contribution is -2.43. The Kier molecular flexibility index (Phi) is 4.71. The van der Waals surface area contributed by atoms with Crippen LogP contribution in [0.15, 0.2) is 48.5 Å². The molecular weight excluding hydrogens is 276 g/mol. The number of methoxy groups -OCH3 is 1. The van der Waals surface area contributed by atoms with E-state index in [4.69, 9.17) is 4.74 Å². The Morgan fingerprint density at radius 1 is 1.09 bits per heavy atom.